The standard InChI is InChI=1S/C19H14F2N4O3/c1-28-16-4-2-3-11(20)17(16)18-23-6-5-14(24-18)19(27)25-15-8-12(21)10(9-26)7-13(15)22/h2-9H,22H2,1H3,(H,25,27). The van der Waals surface area contributed by atoms with Crippen LogP contribution < -0.4 is 15.8 Å². The van der Waals surface area contributed by atoms with Gasteiger partial charge in [-0.2, -0.15) is 0 Å². The number of amides is 1. The molecule has 1 amide bonds. The van der Waals surface area contributed by atoms with Crippen molar-refractivity contribution < 1.29 is 23.1 Å². The van der Waals surface area contributed by atoms with Crippen LogP contribution in [0.3, 0.4) is 0 Å². The maximum Gasteiger partial charge on any atom is 0.274 e. The first kappa shape index (κ1) is 18.9. The molecule has 3 N–H and O–H groups in total. The molecule has 0 aliphatic rings. The number of nitrogens with two attached hydrogens (primary N) is 1. The molecular weight excluding hydrogens is 370 g/mol. The Kier molecular flexibility index (Phi) is 5.25. The number of aromatic nitrogens is 2. The van der Waals surface area contributed by atoms with Crippen LogP contribution in [0.4, 0.5) is 20.2 Å². The summed E-state index contributed by atoms with van der Waals surface area (Å²) in [5, 5.41) is 2.41. The molecule has 28 heavy (non-hydrogen) atoms. The smallest absolute Gasteiger partial charge is 0.274 e. The molecule has 0 atom stereocenters. The number of halogens is 2. The van der Waals surface area contributed by atoms with Gasteiger partial charge in [0.2, 0.25) is 0 Å². The summed E-state index contributed by atoms with van der Waals surface area (Å²) in [7, 11) is 1.37. The van der Waals surface area contributed by atoms with Gasteiger partial charge in [-0.15, -0.1) is 0 Å². The molecular formula is C19H14F2N4O3. The Hall–Kier alpha value is -3.88. The van der Waals surface area contributed by atoms with Gasteiger partial charge in [0.15, 0.2) is 12.1 Å². The number of aldehydes is 1. The summed E-state index contributed by atoms with van der Waals surface area (Å²) >= 11 is 0. The van der Waals surface area contributed by atoms with E-state index in [2.05, 4.69) is 15.3 Å². The summed E-state index contributed by atoms with van der Waals surface area (Å²) in [6, 6.07) is 7.55. The van der Waals surface area contributed by atoms with Crippen molar-refractivity contribution >= 4 is 23.6 Å². The highest BCUT2D eigenvalue weighted by molar-refractivity contribution is 6.05. The minimum Gasteiger partial charge on any atom is -0.496 e. The summed E-state index contributed by atoms with van der Waals surface area (Å²) in [5.74, 6) is -2.03. The molecule has 3 rings (SSSR count). The lowest BCUT2D eigenvalue weighted by molar-refractivity contribution is 0.102. The van der Waals surface area contributed by atoms with Gasteiger partial charge >= 0.3 is 0 Å². The van der Waals surface area contributed by atoms with E-state index in [1.807, 2.05) is 0 Å². The van der Waals surface area contributed by atoms with Crippen LogP contribution in [0.2, 0.25) is 0 Å². The lowest BCUT2D eigenvalue weighted by Crippen LogP contribution is -2.16. The molecule has 0 saturated heterocycles. The Morgan fingerprint density at radius 2 is 2.00 bits per heavy atom. The van der Waals surface area contributed by atoms with E-state index in [0.29, 0.717) is 6.29 Å². The molecule has 0 fully saturated rings. The van der Waals surface area contributed by atoms with Crippen molar-refractivity contribution in [3.63, 3.8) is 0 Å². The highest BCUT2D eigenvalue weighted by atomic mass is 19.1. The van der Waals surface area contributed by atoms with Gasteiger partial charge in [-0.3, -0.25) is 9.59 Å². The molecule has 1 aromatic heterocycles. The summed E-state index contributed by atoms with van der Waals surface area (Å²) in [4.78, 5) is 31.3. The van der Waals surface area contributed by atoms with E-state index in [0.717, 1.165) is 12.1 Å². The minimum absolute atomic E-state index is 0.000504. The zero-order chi connectivity index (χ0) is 20.3. The molecule has 7 nitrogen and oxygen atoms in total. The second-order valence-corrected chi connectivity index (χ2v) is 5.62. The lowest BCUT2D eigenvalue weighted by Gasteiger charge is -2.11. The number of benzene rings is 2. The summed E-state index contributed by atoms with van der Waals surface area (Å²) < 4.78 is 33.1. The second kappa shape index (κ2) is 7.78. The maximum absolute atomic E-state index is 14.2. The van der Waals surface area contributed by atoms with Gasteiger partial charge in [0, 0.05) is 12.3 Å². The molecule has 3 aromatic rings. The first-order valence-electron chi connectivity index (χ1n) is 7.96. The number of methoxy groups -OCH3 is 1. The van der Waals surface area contributed by atoms with Crippen LogP contribution in [0.25, 0.3) is 11.4 Å². The van der Waals surface area contributed by atoms with Crippen LogP contribution in [-0.2, 0) is 0 Å². The first-order chi connectivity index (χ1) is 13.4. The Bertz CT molecular complexity index is 1070. The Morgan fingerprint density at radius 3 is 2.71 bits per heavy atom. The maximum atomic E-state index is 14.2. The van der Waals surface area contributed by atoms with Crippen molar-refractivity contribution in [2.24, 2.45) is 0 Å². The van der Waals surface area contributed by atoms with Crippen molar-refractivity contribution in [3.8, 4) is 17.1 Å². The average molecular weight is 384 g/mol. The highest BCUT2D eigenvalue weighted by Crippen LogP contribution is 2.30. The van der Waals surface area contributed by atoms with Crippen molar-refractivity contribution in [3.05, 3.63) is 65.5 Å². The van der Waals surface area contributed by atoms with Gasteiger partial charge in [0.1, 0.15) is 23.1 Å². The number of rotatable bonds is 5. The number of hydrogen-bond acceptors (Lipinski definition) is 6. The topological polar surface area (TPSA) is 107 Å². The SMILES string of the molecule is COc1cccc(F)c1-c1nccc(C(=O)Nc2cc(F)c(C=O)cc2N)n1. The third-order valence-electron chi connectivity index (χ3n) is 3.85. The van der Waals surface area contributed by atoms with Crippen LogP contribution in [0.15, 0.2) is 42.6 Å². The van der Waals surface area contributed by atoms with Gasteiger partial charge in [0.25, 0.3) is 5.91 Å². The van der Waals surface area contributed by atoms with E-state index in [1.165, 1.54) is 37.6 Å². The monoisotopic (exact) mass is 384 g/mol. The summed E-state index contributed by atoms with van der Waals surface area (Å²) in [6.07, 6.45) is 1.60. The average Bonchev–Trinajstić information content (AvgIpc) is 2.70. The molecule has 0 spiro atoms. The zero-order valence-corrected chi connectivity index (χ0v) is 14.6. The fraction of sp³-hybridized carbons (Fsp3) is 0.0526. The number of nitrogens with zero attached hydrogens (tertiary/aromatic N) is 2. The fourth-order valence-electron chi connectivity index (χ4n) is 2.49. The third-order valence-corrected chi connectivity index (χ3v) is 3.85. The number of hydrogen-bond donors (Lipinski definition) is 2. The van der Waals surface area contributed by atoms with E-state index in [9.17, 15) is 18.4 Å². The van der Waals surface area contributed by atoms with E-state index in [1.54, 1.807) is 0 Å². The van der Waals surface area contributed by atoms with E-state index < -0.39 is 17.5 Å². The van der Waals surface area contributed by atoms with E-state index in [-0.39, 0.29) is 39.8 Å². The predicted octanol–water partition coefficient (Wildman–Crippen LogP) is 3.08. The van der Waals surface area contributed by atoms with E-state index >= 15 is 0 Å². The largest absolute Gasteiger partial charge is 0.496 e. The van der Waals surface area contributed by atoms with Crippen LogP contribution in [0.1, 0.15) is 20.8 Å². The van der Waals surface area contributed by atoms with Crippen LogP contribution >= 0.6 is 0 Å². The van der Waals surface area contributed by atoms with Crippen molar-refractivity contribution in [2.45, 2.75) is 0 Å². The highest BCUT2D eigenvalue weighted by Gasteiger charge is 2.18. The Morgan fingerprint density at radius 1 is 1.21 bits per heavy atom. The molecule has 1 heterocycles. The first-order valence-corrected chi connectivity index (χ1v) is 7.96. The number of nitrogen functional groups attached to an aromatic ring is 1. The quantitative estimate of drug-likeness (QED) is 0.517. The number of carbonyl (C=O) groups excluding carboxylic acids is 2. The predicted molar refractivity (Wildman–Crippen MR) is 98.1 cm³/mol. The van der Waals surface area contributed by atoms with Crippen molar-refractivity contribution in [1.82, 2.24) is 9.97 Å². The molecule has 0 bridgehead atoms. The number of nitrogens with one attached hydrogen (secondary N) is 1. The molecule has 0 radical (unpaired) electrons. The van der Waals surface area contributed by atoms with Crippen molar-refractivity contribution in [1.29, 1.82) is 0 Å². The molecule has 0 saturated carbocycles. The minimum atomic E-state index is -0.834. The molecule has 142 valence electrons. The van der Waals surface area contributed by atoms with Gasteiger partial charge in [0.05, 0.1) is 29.6 Å². The number of anilines is 2. The van der Waals surface area contributed by atoms with Crippen molar-refractivity contribution in [2.75, 3.05) is 18.2 Å². The van der Waals surface area contributed by atoms with E-state index in [4.69, 9.17) is 10.5 Å². The molecule has 2 aromatic carbocycles. The molecule has 0 unspecified atom stereocenters. The van der Waals surface area contributed by atoms with Crippen LogP contribution in [0, 0.1) is 11.6 Å². The number of carbonyl (C=O) groups is 2. The van der Waals surface area contributed by atoms with Gasteiger partial charge in [-0.05, 0) is 24.3 Å². The molecule has 0 aliphatic carbocycles. The normalized spacial score (nSPS) is 10.4. The summed E-state index contributed by atoms with van der Waals surface area (Å²) in [5.41, 5.74) is 5.37. The van der Waals surface area contributed by atoms with Gasteiger partial charge in [-0.1, -0.05) is 6.07 Å². The zero-order valence-electron chi connectivity index (χ0n) is 14.6. The molecule has 9 heteroatoms. The number of ether oxygens (including phenoxy) is 1. The lowest BCUT2D eigenvalue weighted by atomic mass is 10.1. The van der Waals surface area contributed by atoms with Crippen LogP contribution in [-0.4, -0.2) is 29.3 Å². The third kappa shape index (κ3) is 3.63. The van der Waals surface area contributed by atoms with Gasteiger partial charge < -0.3 is 15.8 Å². The second-order valence-electron chi connectivity index (χ2n) is 5.62. The van der Waals surface area contributed by atoms with Crippen LogP contribution in [0.5, 0.6) is 5.75 Å². The summed E-state index contributed by atoms with van der Waals surface area (Å²) in [6.45, 7) is 0. The Labute approximate surface area is 158 Å². The van der Waals surface area contributed by atoms with Gasteiger partial charge in [-0.25, -0.2) is 18.7 Å². The molecule has 0 aliphatic heterocycles. The Balaban J connectivity index is 1.94. The fourth-order valence-corrected chi connectivity index (χ4v) is 2.49.